The fraction of sp³-hybridized carbons (Fsp3) is 1.00. The molecule has 0 spiro atoms. The van der Waals surface area contributed by atoms with Crippen LogP contribution in [0, 0.1) is 5.21 Å². The van der Waals surface area contributed by atoms with Crippen molar-refractivity contribution >= 4 is 0 Å². The molecule has 3 atom stereocenters. The molecule has 5 nitrogen and oxygen atoms in total. The highest BCUT2D eigenvalue weighted by Gasteiger charge is 2.45. The number of hydroxylamine groups is 3. The molecule has 0 aromatic rings. The third-order valence-electron chi connectivity index (χ3n) is 3.23. The Labute approximate surface area is 97.4 Å². The van der Waals surface area contributed by atoms with Crippen LogP contribution < -0.4 is 0 Å². The quantitative estimate of drug-likeness (QED) is 0.525. The molecule has 96 valence electrons. The molecule has 5 heteroatoms. The summed E-state index contributed by atoms with van der Waals surface area (Å²) >= 11 is 0. The van der Waals surface area contributed by atoms with E-state index >= 15 is 0 Å². The number of nitrogens with zero attached hydrogens (tertiary/aromatic N) is 2. The Morgan fingerprint density at radius 3 is 2.44 bits per heavy atom. The average molecular weight is 232 g/mol. The number of rotatable bonds is 6. The Hall–Kier alpha value is -0.200. The maximum atomic E-state index is 12.3. The van der Waals surface area contributed by atoms with E-state index in [1.807, 2.05) is 6.92 Å². The van der Waals surface area contributed by atoms with E-state index < -0.39 is 17.1 Å². The third kappa shape index (κ3) is 2.93. The van der Waals surface area contributed by atoms with Gasteiger partial charge in [-0.05, 0) is 12.8 Å². The lowest BCUT2D eigenvalue weighted by Crippen LogP contribution is -2.49. The topological polar surface area (TPSA) is 66.8 Å². The van der Waals surface area contributed by atoms with Crippen LogP contribution in [0.3, 0.4) is 0 Å². The molecule has 0 aromatic carbocycles. The van der Waals surface area contributed by atoms with E-state index in [0.717, 1.165) is 25.7 Å². The Morgan fingerprint density at radius 1 is 1.25 bits per heavy atom. The van der Waals surface area contributed by atoms with Crippen LogP contribution in [0.2, 0.25) is 0 Å². The fourth-order valence-electron chi connectivity index (χ4n) is 2.10. The smallest absolute Gasteiger partial charge is 0.232 e. The molecule has 2 N–H and O–H groups in total. The van der Waals surface area contributed by atoms with Crippen LogP contribution in [-0.2, 0) is 0 Å². The second-order valence-electron chi connectivity index (χ2n) is 4.66. The van der Waals surface area contributed by atoms with Gasteiger partial charge >= 0.3 is 0 Å². The van der Waals surface area contributed by atoms with Gasteiger partial charge in [0.1, 0.15) is 6.67 Å². The zero-order chi connectivity index (χ0) is 12.2. The summed E-state index contributed by atoms with van der Waals surface area (Å²) < 4.78 is -0.682. The second-order valence-corrected chi connectivity index (χ2v) is 4.66. The maximum absolute atomic E-state index is 12.3. The van der Waals surface area contributed by atoms with Crippen LogP contribution in [-0.4, -0.2) is 52.0 Å². The van der Waals surface area contributed by atoms with E-state index in [1.54, 1.807) is 4.90 Å². The van der Waals surface area contributed by atoms with Gasteiger partial charge < -0.3 is 20.1 Å². The van der Waals surface area contributed by atoms with Gasteiger partial charge in [0.15, 0.2) is 6.23 Å². The van der Waals surface area contributed by atoms with E-state index in [2.05, 4.69) is 6.92 Å². The summed E-state index contributed by atoms with van der Waals surface area (Å²) in [4.78, 5) is 1.69. The van der Waals surface area contributed by atoms with Gasteiger partial charge in [0, 0.05) is 6.54 Å². The molecule has 1 saturated heterocycles. The fourth-order valence-corrected chi connectivity index (χ4v) is 2.10. The van der Waals surface area contributed by atoms with Gasteiger partial charge in [0.2, 0.25) is 6.23 Å². The predicted molar refractivity (Wildman–Crippen MR) is 61.9 cm³/mol. The van der Waals surface area contributed by atoms with Gasteiger partial charge in [-0.15, -0.1) is 0 Å². The molecule has 0 amide bonds. The van der Waals surface area contributed by atoms with E-state index in [0.29, 0.717) is 13.1 Å². The molecule has 0 saturated carbocycles. The van der Waals surface area contributed by atoms with Crippen molar-refractivity contribution in [2.45, 2.75) is 52.0 Å². The molecule has 1 heterocycles. The number of quaternary nitrogens is 1. The van der Waals surface area contributed by atoms with Crippen molar-refractivity contribution in [3.63, 3.8) is 0 Å². The van der Waals surface area contributed by atoms with Crippen LogP contribution in [0.5, 0.6) is 0 Å². The summed E-state index contributed by atoms with van der Waals surface area (Å²) in [5.74, 6) is 0. The maximum Gasteiger partial charge on any atom is 0.232 e. The highest BCUT2D eigenvalue weighted by molar-refractivity contribution is 4.71. The third-order valence-corrected chi connectivity index (χ3v) is 3.23. The molecule has 0 aliphatic carbocycles. The minimum atomic E-state index is -1.21. The van der Waals surface area contributed by atoms with Crippen LogP contribution in [0.4, 0.5) is 0 Å². The minimum absolute atomic E-state index is 0.211. The predicted octanol–water partition coefficient (Wildman–Crippen LogP) is 0.811. The van der Waals surface area contributed by atoms with Crippen molar-refractivity contribution in [1.82, 2.24) is 4.90 Å². The zero-order valence-corrected chi connectivity index (χ0v) is 10.3. The number of unbranched alkanes of at least 4 members (excludes halogenated alkanes) is 2. The number of aliphatic hydroxyl groups excluding tert-OH is 2. The molecule has 1 fully saturated rings. The lowest BCUT2D eigenvalue weighted by atomic mass is 10.3. The van der Waals surface area contributed by atoms with Gasteiger partial charge in [-0.2, -0.15) is 0 Å². The van der Waals surface area contributed by atoms with Gasteiger partial charge in [0.25, 0.3) is 0 Å². The first kappa shape index (κ1) is 13.9. The summed E-state index contributed by atoms with van der Waals surface area (Å²) in [7, 11) is 0. The Balaban J connectivity index is 2.55. The van der Waals surface area contributed by atoms with Crippen molar-refractivity contribution in [3.05, 3.63) is 5.21 Å². The normalized spacial score (nSPS) is 35.8. The Kier molecular flexibility index (Phi) is 5.14. The number of hydrogen-bond acceptors (Lipinski definition) is 4. The highest BCUT2D eigenvalue weighted by atomic mass is 16.6. The lowest BCUT2D eigenvalue weighted by molar-refractivity contribution is -0.919. The second kappa shape index (κ2) is 5.93. The largest absolute Gasteiger partial charge is 0.630 e. The van der Waals surface area contributed by atoms with Crippen LogP contribution in [0.25, 0.3) is 0 Å². The lowest BCUT2D eigenvalue weighted by Gasteiger charge is -2.40. The van der Waals surface area contributed by atoms with Gasteiger partial charge in [-0.25, -0.2) is 4.90 Å². The Bertz CT molecular complexity index is 215. The summed E-state index contributed by atoms with van der Waals surface area (Å²) in [6.07, 6.45) is 1.48. The summed E-state index contributed by atoms with van der Waals surface area (Å²) in [5.41, 5.74) is 0. The van der Waals surface area contributed by atoms with Crippen molar-refractivity contribution in [3.8, 4) is 0 Å². The summed E-state index contributed by atoms with van der Waals surface area (Å²) in [6, 6.07) is 0. The monoisotopic (exact) mass is 232 g/mol. The molecule has 0 radical (unpaired) electrons. The number of aliphatic hydroxyl groups is 2. The van der Waals surface area contributed by atoms with Gasteiger partial charge in [-0.1, -0.05) is 26.7 Å². The molecule has 0 bridgehead atoms. The molecule has 1 rings (SSSR count). The molecule has 16 heavy (non-hydrogen) atoms. The van der Waals surface area contributed by atoms with Crippen molar-refractivity contribution in [2.75, 3.05) is 19.8 Å². The van der Waals surface area contributed by atoms with Crippen LogP contribution in [0.1, 0.15) is 39.5 Å². The molecule has 1 aliphatic heterocycles. The van der Waals surface area contributed by atoms with E-state index in [-0.39, 0.29) is 6.67 Å². The van der Waals surface area contributed by atoms with Crippen molar-refractivity contribution in [2.24, 2.45) is 0 Å². The van der Waals surface area contributed by atoms with Crippen LogP contribution in [0.15, 0.2) is 0 Å². The van der Waals surface area contributed by atoms with E-state index in [4.69, 9.17) is 0 Å². The molecule has 3 unspecified atom stereocenters. The van der Waals surface area contributed by atoms with Crippen molar-refractivity contribution < 1.29 is 14.9 Å². The molecule has 0 aromatic heterocycles. The highest BCUT2D eigenvalue weighted by Crippen LogP contribution is 2.26. The standard InChI is InChI=1S/C11H24N2O3/c1-3-5-7-12-9-13(16,8-6-4-2)11(15)10(12)14/h10-11,14-15H,3-9H2,1-2H3. The zero-order valence-electron chi connectivity index (χ0n) is 10.3. The summed E-state index contributed by atoms with van der Waals surface area (Å²) in [5, 5.41) is 31.8. The molecular formula is C11H24N2O3. The Morgan fingerprint density at radius 2 is 1.88 bits per heavy atom. The summed E-state index contributed by atoms with van der Waals surface area (Å²) in [6.45, 7) is 5.36. The van der Waals surface area contributed by atoms with Crippen molar-refractivity contribution in [1.29, 1.82) is 0 Å². The first-order valence-corrected chi connectivity index (χ1v) is 6.23. The molecular weight excluding hydrogens is 208 g/mol. The van der Waals surface area contributed by atoms with Crippen LogP contribution >= 0.6 is 0 Å². The first-order valence-electron chi connectivity index (χ1n) is 6.23. The first-order chi connectivity index (χ1) is 7.55. The minimum Gasteiger partial charge on any atom is -0.630 e. The van der Waals surface area contributed by atoms with Gasteiger partial charge in [-0.3, -0.25) is 0 Å². The van der Waals surface area contributed by atoms with E-state index in [9.17, 15) is 15.4 Å². The number of hydrogen-bond donors (Lipinski definition) is 2. The van der Waals surface area contributed by atoms with E-state index in [1.165, 1.54) is 0 Å². The molecule has 1 aliphatic rings. The average Bonchev–Trinajstić information content (AvgIpc) is 2.49. The van der Waals surface area contributed by atoms with Gasteiger partial charge in [0.05, 0.1) is 6.54 Å². The SMILES string of the molecule is CCCCN1C[N+]([O-])(CCCC)C(O)C1O.